The van der Waals surface area contributed by atoms with Crippen molar-refractivity contribution in [3.63, 3.8) is 0 Å². The summed E-state index contributed by atoms with van der Waals surface area (Å²) in [4.78, 5) is 2.51. The van der Waals surface area contributed by atoms with Gasteiger partial charge in [-0.15, -0.1) is 0 Å². The van der Waals surface area contributed by atoms with E-state index in [2.05, 4.69) is 43.1 Å². The van der Waals surface area contributed by atoms with Gasteiger partial charge >= 0.3 is 0 Å². The maximum atomic E-state index is 6.40. The molecule has 1 aliphatic heterocycles. The SMILES string of the molecule is CCCNCc1c(Cl)cccc1N1CC(C)CC1C. The zero-order chi connectivity index (χ0) is 13.8. The molecule has 0 aromatic heterocycles. The Hall–Kier alpha value is -0.730. The van der Waals surface area contributed by atoms with E-state index in [-0.39, 0.29) is 0 Å². The van der Waals surface area contributed by atoms with E-state index in [1.807, 2.05) is 6.07 Å². The zero-order valence-corrected chi connectivity index (χ0v) is 13.0. The van der Waals surface area contributed by atoms with Crippen LogP contribution >= 0.6 is 11.6 Å². The third kappa shape index (κ3) is 3.43. The first-order valence-corrected chi connectivity index (χ1v) is 7.76. The minimum absolute atomic E-state index is 0.610. The second-order valence-electron chi connectivity index (χ2n) is 5.76. The number of rotatable bonds is 5. The van der Waals surface area contributed by atoms with Crippen molar-refractivity contribution in [3.8, 4) is 0 Å². The summed E-state index contributed by atoms with van der Waals surface area (Å²) in [6, 6.07) is 6.89. The van der Waals surface area contributed by atoms with Crippen molar-refractivity contribution in [2.24, 2.45) is 5.92 Å². The Bertz CT molecular complexity index is 419. The van der Waals surface area contributed by atoms with Gasteiger partial charge in [-0.25, -0.2) is 0 Å². The van der Waals surface area contributed by atoms with Gasteiger partial charge < -0.3 is 10.2 Å². The van der Waals surface area contributed by atoms with Gasteiger partial charge in [0.2, 0.25) is 0 Å². The molecule has 3 heteroatoms. The fourth-order valence-corrected chi connectivity index (χ4v) is 3.25. The van der Waals surface area contributed by atoms with Gasteiger partial charge in [0.25, 0.3) is 0 Å². The number of halogens is 1. The van der Waals surface area contributed by atoms with Crippen LogP contribution in [0.5, 0.6) is 0 Å². The zero-order valence-electron chi connectivity index (χ0n) is 12.2. The minimum atomic E-state index is 0.610. The molecule has 0 saturated carbocycles. The molecule has 19 heavy (non-hydrogen) atoms. The Morgan fingerprint density at radius 1 is 1.37 bits per heavy atom. The Labute approximate surface area is 122 Å². The van der Waals surface area contributed by atoms with Crippen molar-refractivity contribution < 1.29 is 0 Å². The third-order valence-electron chi connectivity index (χ3n) is 3.92. The van der Waals surface area contributed by atoms with Crippen LogP contribution < -0.4 is 10.2 Å². The van der Waals surface area contributed by atoms with Crippen molar-refractivity contribution in [1.82, 2.24) is 5.32 Å². The molecular formula is C16H25ClN2. The quantitative estimate of drug-likeness (QED) is 0.818. The summed E-state index contributed by atoms with van der Waals surface area (Å²) in [5.74, 6) is 0.769. The average molecular weight is 281 g/mol. The molecule has 0 radical (unpaired) electrons. The number of nitrogens with one attached hydrogen (secondary N) is 1. The van der Waals surface area contributed by atoms with E-state index >= 15 is 0 Å². The Morgan fingerprint density at radius 3 is 2.79 bits per heavy atom. The van der Waals surface area contributed by atoms with E-state index in [9.17, 15) is 0 Å². The lowest BCUT2D eigenvalue weighted by Gasteiger charge is -2.27. The summed E-state index contributed by atoms with van der Waals surface area (Å²) >= 11 is 6.40. The molecule has 1 aliphatic rings. The van der Waals surface area contributed by atoms with Gasteiger partial charge in [0.15, 0.2) is 0 Å². The Morgan fingerprint density at radius 2 is 2.16 bits per heavy atom. The van der Waals surface area contributed by atoms with Crippen LogP contribution in [0.15, 0.2) is 18.2 Å². The lowest BCUT2D eigenvalue weighted by molar-refractivity contribution is 0.625. The van der Waals surface area contributed by atoms with Crippen LogP contribution in [0.25, 0.3) is 0 Å². The number of hydrogen-bond donors (Lipinski definition) is 1. The van der Waals surface area contributed by atoms with E-state index in [1.54, 1.807) is 0 Å². The van der Waals surface area contributed by atoms with Gasteiger partial charge in [-0.05, 0) is 44.4 Å². The molecule has 1 aromatic carbocycles. The van der Waals surface area contributed by atoms with Gasteiger partial charge in [-0.1, -0.05) is 31.5 Å². The van der Waals surface area contributed by atoms with Crippen molar-refractivity contribution in [2.45, 2.75) is 46.2 Å². The van der Waals surface area contributed by atoms with E-state index in [0.29, 0.717) is 6.04 Å². The van der Waals surface area contributed by atoms with Crippen molar-refractivity contribution in [2.75, 3.05) is 18.0 Å². The fourth-order valence-electron chi connectivity index (χ4n) is 3.02. The van der Waals surface area contributed by atoms with Gasteiger partial charge in [0, 0.05) is 35.4 Å². The molecule has 1 saturated heterocycles. The molecule has 2 unspecified atom stereocenters. The highest BCUT2D eigenvalue weighted by Crippen LogP contribution is 2.34. The van der Waals surface area contributed by atoms with Crippen molar-refractivity contribution >= 4 is 17.3 Å². The summed E-state index contributed by atoms with van der Waals surface area (Å²) in [6.07, 6.45) is 2.42. The van der Waals surface area contributed by atoms with Crippen molar-refractivity contribution in [3.05, 3.63) is 28.8 Å². The summed E-state index contributed by atoms with van der Waals surface area (Å²) in [5, 5.41) is 4.35. The number of anilines is 1. The normalized spacial score (nSPS) is 23.1. The molecule has 106 valence electrons. The molecule has 0 amide bonds. The maximum absolute atomic E-state index is 6.40. The van der Waals surface area contributed by atoms with Crippen molar-refractivity contribution in [1.29, 1.82) is 0 Å². The van der Waals surface area contributed by atoms with E-state index in [1.165, 1.54) is 17.7 Å². The molecule has 1 aromatic rings. The second kappa shape index (κ2) is 6.62. The molecular weight excluding hydrogens is 256 g/mol. The maximum Gasteiger partial charge on any atom is 0.0471 e. The standard InChI is InChI=1S/C16H25ClN2/c1-4-8-18-10-14-15(17)6-5-7-16(14)19-11-12(2)9-13(19)3/h5-7,12-13,18H,4,8-11H2,1-3H3. The van der Waals surface area contributed by atoms with Gasteiger partial charge in [-0.2, -0.15) is 0 Å². The summed E-state index contributed by atoms with van der Waals surface area (Å²) in [5.41, 5.74) is 2.56. The highest BCUT2D eigenvalue weighted by atomic mass is 35.5. The predicted molar refractivity (Wildman–Crippen MR) is 84.0 cm³/mol. The van der Waals surface area contributed by atoms with Crippen LogP contribution in [0.3, 0.4) is 0 Å². The number of nitrogens with zero attached hydrogens (tertiary/aromatic N) is 1. The summed E-state index contributed by atoms with van der Waals surface area (Å²) < 4.78 is 0. The summed E-state index contributed by atoms with van der Waals surface area (Å²) in [7, 11) is 0. The molecule has 0 aliphatic carbocycles. The second-order valence-corrected chi connectivity index (χ2v) is 6.16. The molecule has 1 heterocycles. The predicted octanol–water partition coefficient (Wildman–Crippen LogP) is 4.07. The molecule has 1 N–H and O–H groups in total. The largest absolute Gasteiger partial charge is 0.368 e. The topological polar surface area (TPSA) is 15.3 Å². The number of hydrogen-bond acceptors (Lipinski definition) is 2. The lowest BCUT2D eigenvalue weighted by atomic mass is 10.1. The molecule has 2 atom stereocenters. The Kier molecular flexibility index (Phi) is 5.12. The van der Waals surface area contributed by atoms with Crippen LogP contribution in [0.2, 0.25) is 5.02 Å². The van der Waals surface area contributed by atoms with Gasteiger partial charge in [-0.3, -0.25) is 0 Å². The van der Waals surface area contributed by atoms with E-state index in [0.717, 1.165) is 37.0 Å². The van der Waals surface area contributed by atoms with E-state index < -0.39 is 0 Å². The lowest BCUT2D eigenvalue weighted by Crippen LogP contribution is -2.28. The minimum Gasteiger partial charge on any atom is -0.368 e. The molecule has 1 fully saturated rings. The molecule has 0 spiro atoms. The van der Waals surface area contributed by atoms with E-state index in [4.69, 9.17) is 11.6 Å². The summed E-state index contributed by atoms with van der Waals surface area (Å²) in [6.45, 7) is 9.87. The van der Waals surface area contributed by atoms with Gasteiger partial charge in [0.05, 0.1) is 0 Å². The molecule has 0 bridgehead atoms. The molecule has 2 nitrogen and oxygen atoms in total. The first kappa shape index (κ1) is 14.7. The first-order valence-electron chi connectivity index (χ1n) is 7.38. The highest BCUT2D eigenvalue weighted by Gasteiger charge is 2.27. The smallest absolute Gasteiger partial charge is 0.0471 e. The first-order chi connectivity index (χ1) is 9.13. The molecule has 2 rings (SSSR count). The average Bonchev–Trinajstić information content (AvgIpc) is 2.70. The highest BCUT2D eigenvalue weighted by molar-refractivity contribution is 6.31. The Balaban J connectivity index is 2.21. The van der Waals surface area contributed by atoms with Crippen LogP contribution in [0.4, 0.5) is 5.69 Å². The third-order valence-corrected chi connectivity index (χ3v) is 4.27. The van der Waals surface area contributed by atoms with Gasteiger partial charge in [0.1, 0.15) is 0 Å². The fraction of sp³-hybridized carbons (Fsp3) is 0.625. The van der Waals surface area contributed by atoms with Crippen LogP contribution in [0.1, 0.15) is 39.2 Å². The van der Waals surface area contributed by atoms with Crippen LogP contribution in [-0.2, 0) is 6.54 Å². The van der Waals surface area contributed by atoms with Crippen LogP contribution in [-0.4, -0.2) is 19.1 Å². The van der Waals surface area contributed by atoms with Crippen LogP contribution in [0, 0.1) is 5.92 Å². The number of benzene rings is 1. The monoisotopic (exact) mass is 280 g/mol.